The highest BCUT2D eigenvalue weighted by atomic mass is 16.3. The number of carbonyl (C=O) groups is 1. The molecule has 0 fully saturated rings. The van der Waals surface area contributed by atoms with E-state index in [1.165, 1.54) is 18.2 Å². The number of phenols is 2. The lowest BCUT2D eigenvalue weighted by molar-refractivity contribution is 0.0951. The van der Waals surface area contributed by atoms with Crippen LogP contribution in [0.5, 0.6) is 11.5 Å². The van der Waals surface area contributed by atoms with Gasteiger partial charge in [-0.2, -0.15) is 0 Å². The summed E-state index contributed by atoms with van der Waals surface area (Å²) in [5.74, 6) is -1.18. The standard InChI is InChI=1S/C9H12N2O3/c10-4-5-11-9(14)6-2-1-3-7(12)8(6)13/h1-3,12-13H,4-5,10H2,(H,11,14). The Morgan fingerprint density at radius 2 is 2.14 bits per heavy atom. The molecule has 0 aliphatic carbocycles. The van der Waals surface area contributed by atoms with Crippen LogP contribution in [0.4, 0.5) is 0 Å². The van der Waals surface area contributed by atoms with Crippen molar-refractivity contribution in [2.24, 2.45) is 5.73 Å². The monoisotopic (exact) mass is 196 g/mol. The van der Waals surface area contributed by atoms with Gasteiger partial charge in [0.25, 0.3) is 5.91 Å². The Morgan fingerprint density at radius 1 is 1.43 bits per heavy atom. The van der Waals surface area contributed by atoms with Crippen molar-refractivity contribution in [3.8, 4) is 11.5 Å². The zero-order chi connectivity index (χ0) is 10.6. The number of amides is 1. The highest BCUT2D eigenvalue weighted by Gasteiger charge is 2.12. The number of hydrogen-bond donors (Lipinski definition) is 4. The second-order valence-corrected chi connectivity index (χ2v) is 2.72. The van der Waals surface area contributed by atoms with Crippen LogP contribution in [-0.2, 0) is 0 Å². The summed E-state index contributed by atoms with van der Waals surface area (Å²) in [7, 11) is 0. The van der Waals surface area contributed by atoms with Gasteiger partial charge in [-0.3, -0.25) is 4.79 Å². The van der Waals surface area contributed by atoms with Gasteiger partial charge < -0.3 is 21.3 Å². The first-order valence-electron chi connectivity index (χ1n) is 4.16. The molecular formula is C9H12N2O3. The summed E-state index contributed by atoms with van der Waals surface area (Å²) >= 11 is 0. The van der Waals surface area contributed by atoms with Gasteiger partial charge in [0.15, 0.2) is 11.5 Å². The van der Waals surface area contributed by atoms with Crippen molar-refractivity contribution in [3.05, 3.63) is 23.8 Å². The molecule has 0 saturated carbocycles. The minimum absolute atomic E-state index is 0.0402. The van der Waals surface area contributed by atoms with Crippen molar-refractivity contribution in [3.63, 3.8) is 0 Å². The summed E-state index contributed by atoms with van der Waals surface area (Å²) < 4.78 is 0. The van der Waals surface area contributed by atoms with Crippen LogP contribution < -0.4 is 11.1 Å². The van der Waals surface area contributed by atoms with Crippen LogP contribution in [0, 0.1) is 0 Å². The Bertz CT molecular complexity index is 339. The van der Waals surface area contributed by atoms with Crippen molar-refractivity contribution < 1.29 is 15.0 Å². The molecule has 0 atom stereocenters. The lowest BCUT2D eigenvalue weighted by Crippen LogP contribution is -2.28. The number of rotatable bonds is 3. The number of para-hydroxylation sites is 1. The smallest absolute Gasteiger partial charge is 0.255 e. The largest absolute Gasteiger partial charge is 0.504 e. The van der Waals surface area contributed by atoms with E-state index in [4.69, 9.17) is 10.8 Å². The third kappa shape index (κ3) is 2.14. The molecule has 0 spiro atoms. The third-order valence-corrected chi connectivity index (χ3v) is 1.69. The highest BCUT2D eigenvalue weighted by molar-refractivity contribution is 5.97. The van der Waals surface area contributed by atoms with E-state index >= 15 is 0 Å². The summed E-state index contributed by atoms with van der Waals surface area (Å²) in [4.78, 5) is 11.3. The number of benzene rings is 1. The molecule has 5 nitrogen and oxygen atoms in total. The Hall–Kier alpha value is -1.75. The molecule has 0 unspecified atom stereocenters. The first-order chi connectivity index (χ1) is 6.66. The summed E-state index contributed by atoms with van der Waals surface area (Å²) in [6.07, 6.45) is 0. The number of hydrogen-bond acceptors (Lipinski definition) is 4. The quantitative estimate of drug-likeness (QED) is 0.503. The van der Waals surface area contributed by atoms with Crippen LogP contribution in [0.1, 0.15) is 10.4 Å². The fourth-order valence-corrected chi connectivity index (χ4v) is 0.995. The van der Waals surface area contributed by atoms with E-state index in [9.17, 15) is 9.90 Å². The van der Waals surface area contributed by atoms with Gasteiger partial charge in [-0.1, -0.05) is 6.07 Å². The molecule has 0 saturated heterocycles. The van der Waals surface area contributed by atoms with E-state index in [1.54, 1.807) is 0 Å². The van der Waals surface area contributed by atoms with Gasteiger partial charge in [-0.25, -0.2) is 0 Å². The molecule has 1 aromatic rings. The number of aromatic hydroxyl groups is 2. The Kier molecular flexibility index (Phi) is 3.30. The second-order valence-electron chi connectivity index (χ2n) is 2.72. The van der Waals surface area contributed by atoms with Crippen molar-refractivity contribution >= 4 is 5.91 Å². The van der Waals surface area contributed by atoms with E-state index in [2.05, 4.69) is 5.32 Å². The molecule has 0 aliphatic heterocycles. The highest BCUT2D eigenvalue weighted by Crippen LogP contribution is 2.27. The molecule has 0 aromatic heterocycles. The predicted molar refractivity (Wildman–Crippen MR) is 51.2 cm³/mol. The number of phenolic OH excluding ortho intramolecular Hbond substituents is 2. The molecule has 1 rings (SSSR count). The Labute approximate surface area is 81.2 Å². The molecule has 5 N–H and O–H groups in total. The number of nitrogens with two attached hydrogens (primary N) is 1. The average molecular weight is 196 g/mol. The van der Waals surface area contributed by atoms with E-state index in [1.807, 2.05) is 0 Å². The van der Waals surface area contributed by atoms with Crippen LogP contribution in [0.15, 0.2) is 18.2 Å². The molecule has 0 heterocycles. The maximum absolute atomic E-state index is 11.3. The fraction of sp³-hybridized carbons (Fsp3) is 0.222. The summed E-state index contributed by atoms with van der Waals surface area (Å²) in [5.41, 5.74) is 5.24. The third-order valence-electron chi connectivity index (χ3n) is 1.69. The topological polar surface area (TPSA) is 95.6 Å². The summed E-state index contributed by atoms with van der Waals surface area (Å²) in [6, 6.07) is 4.20. The Balaban J connectivity index is 2.84. The molecule has 76 valence electrons. The van der Waals surface area contributed by atoms with Crippen molar-refractivity contribution in [1.82, 2.24) is 5.32 Å². The van der Waals surface area contributed by atoms with Crippen LogP contribution >= 0.6 is 0 Å². The molecule has 0 radical (unpaired) electrons. The molecule has 14 heavy (non-hydrogen) atoms. The molecule has 0 aliphatic rings. The molecule has 5 heteroatoms. The van der Waals surface area contributed by atoms with Crippen molar-refractivity contribution in [1.29, 1.82) is 0 Å². The summed E-state index contributed by atoms with van der Waals surface area (Å²) in [5, 5.41) is 20.9. The van der Waals surface area contributed by atoms with Crippen molar-refractivity contribution in [2.75, 3.05) is 13.1 Å². The fourth-order valence-electron chi connectivity index (χ4n) is 0.995. The SMILES string of the molecule is NCCNC(=O)c1cccc(O)c1O. The van der Waals surface area contributed by atoms with Gasteiger partial charge in [0.2, 0.25) is 0 Å². The van der Waals surface area contributed by atoms with Crippen LogP contribution in [0.3, 0.4) is 0 Å². The van der Waals surface area contributed by atoms with Gasteiger partial charge in [0.05, 0.1) is 5.56 Å². The van der Waals surface area contributed by atoms with Gasteiger partial charge >= 0.3 is 0 Å². The van der Waals surface area contributed by atoms with Crippen molar-refractivity contribution in [2.45, 2.75) is 0 Å². The van der Waals surface area contributed by atoms with Gasteiger partial charge in [0.1, 0.15) is 0 Å². The van der Waals surface area contributed by atoms with Gasteiger partial charge in [-0.05, 0) is 12.1 Å². The number of nitrogens with one attached hydrogen (secondary N) is 1. The molecular weight excluding hydrogens is 184 g/mol. The Morgan fingerprint density at radius 3 is 2.79 bits per heavy atom. The zero-order valence-corrected chi connectivity index (χ0v) is 7.53. The average Bonchev–Trinajstić information content (AvgIpc) is 2.18. The van der Waals surface area contributed by atoms with E-state index in [0.29, 0.717) is 13.1 Å². The lowest BCUT2D eigenvalue weighted by Gasteiger charge is -2.06. The van der Waals surface area contributed by atoms with Crippen LogP contribution in [0.2, 0.25) is 0 Å². The normalized spacial score (nSPS) is 9.79. The van der Waals surface area contributed by atoms with E-state index < -0.39 is 11.7 Å². The zero-order valence-electron chi connectivity index (χ0n) is 7.53. The first kappa shape index (κ1) is 10.3. The van der Waals surface area contributed by atoms with Gasteiger partial charge in [-0.15, -0.1) is 0 Å². The van der Waals surface area contributed by atoms with Crippen LogP contribution in [0.25, 0.3) is 0 Å². The van der Waals surface area contributed by atoms with E-state index in [-0.39, 0.29) is 11.3 Å². The number of carbonyl (C=O) groups excluding carboxylic acids is 1. The van der Waals surface area contributed by atoms with E-state index in [0.717, 1.165) is 0 Å². The molecule has 1 amide bonds. The molecule has 0 bridgehead atoms. The minimum Gasteiger partial charge on any atom is -0.504 e. The summed E-state index contributed by atoms with van der Waals surface area (Å²) in [6.45, 7) is 0.652. The van der Waals surface area contributed by atoms with Crippen LogP contribution in [-0.4, -0.2) is 29.2 Å². The second kappa shape index (κ2) is 4.48. The maximum atomic E-state index is 11.3. The first-order valence-corrected chi connectivity index (χ1v) is 4.16. The maximum Gasteiger partial charge on any atom is 0.255 e. The molecule has 1 aromatic carbocycles. The lowest BCUT2D eigenvalue weighted by atomic mass is 10.1. The predicted octanol–water partition coefficient (Wildman–Crippen LogP) is -0.214. The minimum atomic E-state index is -0.455. The van der Waals surface area contributed by atoms with Gasteiger partial charge in [0, 0.05) is 13.1 Å².